The summed E-state index contributed by atoms with van der Waals surface area (Å²) in [6.07, 6.45) is 3.82. The van der Waals surface area contributed by atoms with Gasteiger partial charge in [-0.1, -0.05) is 17.4 Å². The van der Waals surface area contributed by atoms with Gasteiger partial charge >= 0.3 is 0 Å². The van der Waals surface area contributed by atoms with Gasteiger partial charge in [-0.15, -0.1) is 11.3 Å². The number of imidazole rings is 1. The van der Waals surface area contributed by atoms with Crippen LogP contribution >= 0.6 is 22.7 Å². The summed E-state index contributed by atoms with van der Waals surface area (Å²) in [5.74, 6) is -0.528. The zero-order valence-corrected chi connectivity index (χ0v) is 14.7. The molecule has 25 heavy (non-hydrogen) atoms. The van der Waals surface area contributed by atoms with Crippen LogP contribution in [-0.4, -0.2) is 25.5 Å². The lowest BCUT2D eigenvalue weighted by atomic mass is 10.3. The number of hydroxylamine groups is 1. The third-order valence-corrected chi connectivity index (χ3v) is 5.70. The molecule has 9 heteroatoms. The van der Waals surface area contributed by atoms with Crippen molar-refractivity contribution in [2.24, 2.45) is 0 Å². The van der Waals surface area contributed by atoms with Crippen LogP contribution in [0.1, 0.15) is 15.4 Å². The molecule has 0 unspecified atom stereocenters. The molecule has 0 aliphatic rings. The lowest BCUT2D eigenvalue weighted by molar-refractivity contribution is 0.0711. The maximum Gasteiger partial charge on any atom is 0.284 e. The first-order valence-corrected chi connectivity index (χ1v) is 9.00. The maximum absolute atomic E-state index is 11.4. The standard InChI is InChI=1S/C16H13N5O2S2/c1-9-14(10-8-17-12-4-2-3-7-21(10)12)25-16(18-9)19-13-6-5-11(24-13)15(22)20-23/h2-8,23H,1H3,(H,18,19)(H,20,22). The number of carbonyl (C=O) groups excluding carboxylic acids is 1. The molecule has 0 aliphatic carbocycles. The Morgan fingerprint density at radius 1 is 1.24 bits per heavy atom. The smallest absolute Gasteiger partial charge is 0.284 e. The first-order valence-electron chi connectivity index (χ1n) is 7.37. The summed E-state index contributed by atoms with van der Waals surface area (Å²) >= 11 is 2.77. The van der Waals surface area contributed by atoms with Crippen LogP contribution in [0.5, 0.6) is 0 Å². The highest BCUT2D eigenvalue weighted by atomic mass is 32.1. The van der Waals surface area contributed by atoms with E-state index in [1.165, 1.54) is 22.7 Å². The van der Waals surface area contributed by atoms with Gasteiger partial charge < -0.3 is 5.32 Å². The molecule has 0 saturated carbocycles. The summed E-state index contributed by atoms with van der Waals surface area (Å²) < 4.78 is 2.03. The van der Waals surface area contributed by atoms with E-state index < -0.39 is 5.91 Å². The Bertz CT molecular complexity index is 1070. The Kier molecular flexibility index (Phi) is 3.96. The van der Waals surface area contributed by atoms with Gasteiger partial charge in [0.05, 0.1) is 32.3 Å². The van der Waals surface area contributed by atoms with E-state index in [0.29, 0.717) is 4.88 Å². The van der Waals surface area contributed by atoms with Gasteiger partial charge in [-0.2, -0.15) is 0 Å². The second-order valence-electron chi connectivity index (χ2n) is 5.24. The monoisotopic (exact) mass is 371 g/mol. The lowest BCUT2D eigenvalue weighted by Gasteiger charge is -1.99. The van der Waals surface area contributed by atoms with Crippen molar-refractivity contribution in [3.8, 4) is 10.6 Å². The molecule has 0 saturated heterocycles. The number of thiophene rings is 1. The number of aryl methyl sites for hydroxylation is 1. The normalized spacial score (nSPS) is 11.0. The van der Waals surface area contributed by atoms with Crippen molar-refractivity contribution < 1.29 is 10.0 Å². The van der Waals surface area contributed by atoms with E-state index in [4.69, 9.17) is 5.21 Å². The lowest BCUT2D eigenvalue weighted by Crippen LogP contribution is -2.16. The molecule has 4 aromatic heterocycles. The minimum Gasteiger partial charge on any atom is -0.323 e. The van der Waals surface area contributed by atoms with Crippen molar-refractivity contribution in [2.75, 3.05) is 5.32 Å². The van der Waals surface area contributed by atoms with Crippen LogP contribution in [0.15, 0.2) is 42.7 Å². The van der Waals surface area contributed by atoms with E-state index in [0.717, 1.165) is 32.0 Å². The number of carbonyl (C=O) groups is 1. The van der Waals surface area contributed by atoms with Gasteiger partial charge in [0.2, 0.25) is 0 Å². The molecule has 3 N–H and O–H groups in total. The molecule has 0 radical (unpaired) electrons. The first-order chi connectivity index (χ1) is 12.2. The fourth-order valence-electron chi connectivity index (χ4n) is 2.48. The number of aromatic nitrogens is 3. The zero-order valence-electron chi connectivity index (χ0n) is 13.1. The Labute approximate surface area is 150 Å². The van der Waals surface area contributed by atoms with Crippen LogP contribution < -0.4 is 10.8 Å². The fourth-order valence-corrected chi connectivity index (χ4v) is 4.32. The van der Waals surface area contributed by atoms with E-state index in [2.05, 4.69) is 15.3 Å². The summed E-state index contributed by atoms with van der Waals surface area (Å²) in [7, 11) is 0. The van der Waals surface area contributed by atoms with Crippen molar-refractivity contribution >= 4 is 44.4 Å². The predicted molar refractivity (Wildman–Crippen MR) is 97.9 cm³/mol. The van der Waals surface area contributed by atoms with Gasteiger partial charge in [0, 0.05) is 6.20 Å². The van der Waals surface area contributed by atoms with E-state index in [1.807, 2.05) is 41.9 Å². The van der Waals surface area contributed by atoms with Crippen molar-refractivity contribution in [1.29, 1.82) is 0 Å². The first kappa shape index (κ1) is 15.8. The fraction of sp³-hybridized carbons (Fsp3) is 0.0625. The molecule has 0 fully saturated rings. The van der Waals surface area contributed by atoms with Gasteiger partial charge in [0.1, 0.15) is 5.65 Å². The molecule has 1 amide bonds. The number of pyridine rings is 1. The number of nitrogens with zero attached hydrogens (tertiary/aromatic N) is 3. The average Bonchev–Trinajstić information content (AvgIpc) is 3.33. The van der Waals surface area contributed by atoms with Crippen molar-refractivity contribution in [1.82, 2.24) is 19.8 Å². The third-order valence-electron chi connectivity index (χ3n) is 3.61. The molecule has 0 aromatic carbocycles. The maximum atomic E-state index is 11.4. The molecule has 0 atom stereocenters. The average molecular weight is 371 g/mol. The molecule has 4 heterocycles. The largest absolute Gasteiger partial charge is 0.323 e. The van der Waals surface area contributed by atoms with Gasteiger partial charge in [0.15, 0.2) is 5.13 Å². The van der Waals surface area contributed by atoms with E-state index >= 15 is 0 Å². The third kappa shape index (κ3) is 2.88. The molecule has 7 nitrogen and oxygen atoms in total. The second kappa shape index (κ2) is 6.28. The number of thiazole rings is 1. The number of nitrogens with one attached hydrogen (secondary N) is 2. The van der Waals surface area contributed by atoms with Crippen molar-refractivity contribution in [3.05, 3.63) is 53.3 Å². The second-order valence-corrected chi connectivity index (χ2v) is 7.32. The molecular weight excluding hydrogens is 358 g/mol. The Hall–Kier alpha value is -2.75. The van der Waals surface area contributed by atoms with E-state index in [-0.39, 0.29) is 0 Å². The Morgan fingerprint density at radius 3 is 2.96 bits per heavy atom. The van der Waals surface area contributed by atoms with Gasteiger partial charge in [0.25, 0.3) is 5.91 Å². The summed E-state index contributed by atoms with van der Waals surface area (Å²) in [4.78, 5) is 21.8. The topological polar surface area (TPSA) is 91.5 Å². The zero-order chi connectivity index (χ0) is 17.4. The molecule has 0 spiro atoms. The highest BCUT2D eigenvalue weighted by molar-refractivity contribution is 7.20. The highest BCUT2D eigenvalue weighted by Gasteiger charge is 2.15. The summed E-state index contributed by atoms with van der Waals surface area (Å²) in [6.45, 7) is 1.96. The number of hydrogen-bond acceptors (Lipinski definition) is 7. The Morgan fingerprint density at radius 2 is 2.12 bits per heavy atom. The van der Waals surface area contributed by atoms with Crippen molar-refractivity contribution in [2.45, 2.75) is 6.92 Å². The Balaban J connectivity index is 1.64. The number of rotatable bonds is 4. The van der Waals surface area contributed by atoms with Crippen LogP contribution in [0.25, 0.3) is 16.2 Å². The molecule has 0 aliphatic heterocycles. The SMILES string of the molecule is Cc1nc(Nc2ccc(C(=O)NO)s2)sc1-c1cnc2ccccn12. The predicted octanol–water partition coefficient (Wildman–Crippen LogP) is 3.69. The van der Waals surface area contributed by atoms with Gasteiger partial charge in [-0.05, 0) is 31.2 Å². The minimum atomic E-state index is -0.528. The summed E-state index contributed by atoms with van der Waals surface area (Å²) in [5.41, 5.74) is 4.41. The van der Waals surface area contributed by atoms with Gasteiger partial charge in [-0.3, -0.25) is 14.4 Å². The van der Waals surface area contributed by atoms with Crippen molar-refractivity contribution in [3.63, 3.8) is 0 Å². The molecule has 126 valence electrons. The highest BCUT2D eigenvalue weighted by Crippen LogP contribution is 2.35. The summed E-state index contributed by atoms with van der Waals surface area (Å²) in [6, 6.07) is 9.30. The van der Waals surface area contributed by atoms with Crippen LogP contribution in [0, 0.1) is 6.92 Å². The van der Waals surface area contributed by atoms with E-state index in [9.17, 15) is 4.79 Å². The summed E-state index contributed by atoms with van der Waals surface area (Å²) in [5, 5.41) is 13.4. The quantitative estimate of drug-likeness (QED) is 0.376. The number of hydrogen-bond donors (Lipinski definition) is 3. The molecule has 4 aromatic rings. The minimum absolute atomic E-state index is 0.417. The van der Waals surface area contributed by atoms with Crippen LogP contribution in [-0.2, 0) is 0 Å². The number of amides is 1. The van der Waals surface area contributed by atoms with Crippen LogP contribution in [0.2, 0.25) is 0 Å². The van der Waals surface area contributed by atoms with E-state index in [1.54, 1.807) is 17.6 Å². The van der Waals surface area contributed by atoms with Crippen LogP contribution in [0.4, 0.5) is 10.1 Å². The van der Waals surface area contributed by atoms with Crippen LogP contribution in [0.3, 0.4) is 0 Å². The molecule has 0 bridgehead atoms. The number of fused-ring (bicyclic) bond motifs is 1. The number of anilines is 2. The van der Waals surface area contributed by atoms with Gasteiger partial charge in [-0.25, -0.2) is 15.4 Å². The molecular formula is C16H13N5O2S2. The molecule has 4 rings (SSSR count).